The Bertz CT molecular complexity index is 453. The van der Waals surface area contributed by atoms with Crippen LogP contribution in [0.5, 0.6) is 0 Å². The van der Waals surface area contributed by atoms with Crippen LogP contribution in [0.1, 0.15) is 6.92 Å². The van der Waals surface area contributed by atoms with Gasteiger partial charge in [-0.25, -0.2) is 4.98 Å². The van der Waals surface area contributed by atoms with E-state index < -0.39 is 0 Å². The number of nitrogens with two attached hydrogens (primary N) is 1. The molecule has 3 nitrogen and oxygen atoms in total. The third-order valence-corrected chi connectivity index (χ3v) is 3.38. The summed E-state index contributed by atoms with van der Waals surface area (Å²) in [6, 6.07) is 10.2. The largest absolute Gasteiger partial charge is 0.361 e. The maximum absolute atomic E-state index is 5.58. The molecule has 3 N–H and O–H groups in total. The number of benzene rings is 1. The third-order valence-electron chi connectivity index (χ3n) is 2.58. The van der Waals surface area contributed by atoms with E-state index in [-0.39, 0.29) is 0 Å². The Morgan fingerprint density at radius 2 is 2.12 bits per heavy atom. The average molecular weight is 247 g/mol. The number of rotatable bonds is 5. The minimum Gasteiger partial charge on any atom is -0.361 e. The topological polar surface area (TPSA) is 50.9 Å². The molecule has 0 radical (unpaired) electrons. The Morgan fingerprint density at radius 3 is 2.82 bits per heavy atom. The van der Waals surface area contributed by atoms with E-state index in [0.29, 0.717) is 12.5 Å². The number of nitrogens with one attached hydrogen (secondary N) is 1. The molecule has 0 aliphatic carbocycles. The van der Waals surface area contributed by atoms with E-state index in [1.54, 1.807) is 11.3 Å². The number of nitrogens with zero attached hydrogens (tertiary/aromatic N) is 1. The summed E-state index contributed by atoms with van der Waals surface area (Å²) < 4.78 is 0. The molecule has 17 heavy (non-hydrogen) atoms. The van der Waals surface area contributed by atoms with Gasteiger partial charge in [-0.05, 0) is 12.5 Å². The monoisotopic (exact) mass is 247 g/mol. The molecule has 2 rings (SSSR count). The molecule has 2 aromatic rings. The molecule has 0 fully saturated rings. The number of thiazole rings is 1. The second-order valence-corrected chi connectivity index (χ2v) is 4.98. The molecule has 1 aromatic carbocycles. The van der Waals surface area contributed by atoms with Crippen molar-refractivity contribution in [2.45, 2.75) is 6.92 Å². The minimum atomic E-state index is 0.471. The third kappa shape index (κ3) is 3.28. The normalized spacial score (nSPS) is 12.4. The summed E-state index contributed by atoms with van der Waals surface area (Å²) in [5, 5.41) is 6.35. The zero-order valence-corrected chi connectivity index (χ0v) is 10.7. The first-order chi connectivity index (χ1) is 8.29. The molecular formula is C13H17N3S. The van der Waals surface area contributed by atoms with Crippen molar-refractivity contribution in [3.8, 4) is 11.3 Å². The van der Waals surface area contributed by atoms with Gasteiger partial charge in [-0.2, -0.15) is 0 Å². The van der Waals surface area contributed by atoms with Gasteiger partial charge in [-0.1, -0.05) is 37.3 Å². The lowest BCUT2D eigenvalue weighted by Gasteiger charge is -2.08. The van der Waals surface area contributed by atoms with Gasteiger partial charge >= 0.3 is 0 Å². The molecule has 0 spiro atoms. The van der Waals surface area contributed by atoms with Gasteiger partial charge in [0.2, 0.25) is 0 Å². The fourth-order valence-electron chi connectivity index (χ4n) is 1.44. The zero-order valence-electron chi connectivity index (χ0n) is 9.89. The van der Waals surface area contributed by atoms with Gasteiger partial charge in [-0.3, -0.25) is 0 Å². The summed E-state index contributed by atoms with van der Waals surface area (Å²) in [6.07, 6.45) is 0. The molecule has 90 valence electrons. The molecular weight excluding hydrogens is 230 g/mol. The van der Waals surface area contributed by atoms with Gasteiger partial charge < -0.3 is 11.1 Å². The Kier molecular flexibility index (Phi) is 4.12. The van der Waals surface area contributed by atoms with Crippen molar-refractivity contribution in [3.05, 3.63) is 35.7 Å². The summed E-state index contributed by atoms with van der Waals surface area (Å²) in [5.41, 5.74) is 7.76. The van der Waals surface area contributed by atoms with Crippen molar-refractivity contribution in [2.24, 2.45) is 11.7 Å². The molecule has 1 unspecified atom stereocenters. The predicted octanol–water partition coefficient (Wildman–Crippen LogP) is 2.82. The van der Waals surface area contributed by atoms with Gasteiger partial charge in [0.15, 0.2) is 5.13 Å². The van der Waals surface area contributed by atoms with Crippen molar-refractivity contribution < 1.29 is 0 Å². The summed E-state index contributed by atoms with van der Waals surface area (Å²) in [6.45, 7) is 3.70. The molecule has 0 saturated heterocycles. The summed E-state index contributed by atoms with van der Waals surface area (Å²) >= 11 is 1.63. The highest BCUT2D eigenvalue weighted by Gasteiger charge is 2.04. The van der Waals surface area contributed by atoms with Gasteiger partial charge in [0.25, 0.3) is 0 Å². The van der Waals surface area contributed by atoms with E-state index in [4.69, 9.17) is 5.73 Å². The Hall–Kier alpha value is -1.39. The molecule has 0 aliphatic rings. The molecule has 4 heteroatoms. The summed E-state index contributed by atoms with van der Waals surface area (Å²) in [7, 11) is 0. The number of aromatic nitrogens is 1. The Labute approximate surface area is 106 Å². The molecule has 1 atom stereocenters. The second kappa shape index (κ2) is 5.80. The Morgan fingerprint density at radius 1 is 1.35 bits per heavy atom. The number of hydrogen-bond acceptors (Lipinski definition) is 4. The van der Waals surface area contributed by atoms with Crippen LogP contribution in [0.3, 0.4) is 0 Å². The van der Waals surface area contributed by atoms with Crippen molar-refractivity contribution in [2.75, 3.05) is 18.4 Å². The maximum atomic E-state index is 5.58. The molecule has 1 heterocycles. The first-order valence-corrected chi connectivity index (χ1v) is 6.62. The van der Waals surface area contributed by atoms with E-state index >= 15 is 0 Å². The first kappa shape index (κ1) is 12.1. The molecule has 0 saturated carbocycles. The van der Waals surface area contributed by atoms with Crippen LogP contribution < -0.4 is 11.1 Å². The first-order valence-electron chi connectivity index (χ1n) is 5.74. The quantitative estimate of drug-likeness (QED) is 0.854. The Balaban J connectivity index is 2.01. The maximum Gasteiger partial charge on any atom is 0.183 e. The van der Waals surface area contributed by atoms with Crippen LogP contribution in [0.2, 0.25) is 0 Å². The van der Waals surface area contributed by atoms with Crippen LogP contribution in [0.4, 0.5) is 5.13 Å². The molecule has 1 aromatic heterocycles. The van der Waals surface area contributed by atoms with Gasteiger partial charge in [0, 0.05) is 17.5 Å². The zero-order chi connectivity index (χ0) is 12.1. The standard InChI is InChI=1S/C13H17N3S/c1-10(7-14)8-15-13-16-12(9-17-13)11-5-3-2-4-6-11/h2-6,9-10H,7-8,14H2,1H3,(H,15,16). The lowest BCUT2D eigenvalue weighted by atomic mass is 10.2. The van der Waals surface area contributed by atoms with Crippen LogP contribution >= 0.6 is 11.3 Å². The van der Waals surface area contributed by atoms with Crippen molar-refractivity contribution in [1.29, 1.82) is 0 Å². The van der Waals surface area contributed by atoms with Gasteiger partial charge in [-0.15, -0.1) is 11.3 Å². The highest BCUT2D eigenvalue weighted by molar-refractivity contribution is 7.14. The van der Waals surface area contributed by atoms with Crippen LogP contribution in [0.25, 0.3) is 11.3 Å². The molecule has 0 aliphatic heterocycles. The van der Waals surface area contributed by atoms with Gasteiger partial charge in [0.05, 0.1) is 5.69 Å². The smallest absolute Gasteiger partial charge is 0.183 e. The van der Waals surface area contributed by atoms with Crippen molar-refractivity contribution in [3.63, 3.8) is 0 Å². The second-order valence-electron chi connectivity index (χ2n) is 4.13. The van der Waals surface area contributed by atoms with Crippen molar-refractivity contribution >= 4 is 16.5 Å². The minimum absolute atomic E-state index is 0.471. The van der Waals surface area contributed by atoms with Crippen molar-refractivity contribution in [1.82, 2.24) is 4.98 Å². The fraction of sp³-hybridized carbons (Fsp3) is 0.308. The van der Waals surface area contributed by atoms with Crippen LogP contribution in [0, 0.1) is 5.92 Å². The highest BCUT2D eigenvalue weighted by atomic mass is 32.1. The van der Waals surface area contributed by atoms with E-state index in [1.165, 1.54) is 0 Å². The molecule has 0 bridgehead atoms. The number of hydrogen-bond donors (Lipinski definition) is 2. The lowest BCUT2D eigenvalue weighted by Crippen LogP contribution is -2.19. The van der Waals surface area contributed by atoms with Crippen LogP contribution in [-0.4, -0.2) is 18.1 Å². The molecule has 0 amide bonds. The van der Waals surface area contributed by atoms with E-state index in [2.05, 4.69) is 34.7 Å². The van der Waals surface area contributed by atoms with E-state index in [0.717, 1.165) is 22.9 Å². The fourth-order valence-corrected chi connectivity index (χ4v) is 2.17. The lowest BCUT2D eigenvalue weighted by molar-refractivity contribution is 0.628. The SMILES string of the molecule is CC(CN)CNc1nc(-c2ccccc2)cs1. The van der Waals surface area contributed by atoms with E-state index in [9.17, 15) is 0 Å². The van der Waals surface area contributed by atoms with Crippen LogP contribution in [-0.2, 0) is 0 Å². The highest BCUT2D eigenvalue weighted by Crippen LogP contribution is 2.24. The number of anilines is 1. The van der Waals surface area contributed by atoms with E-state index in [1.807, 2.05) is 18.2 Å². The predicted molar refractivity (Wildman–Crippen MR) is 74.3 cm³/mol. The summed E-state index contributed by atoms with van der Waals surface area (Å²) in [5.74, 6) is 0.471. The van der Waals surface area contributed by atoms with Crippen LogP contribution in [0.15, 0.2) is 35.7 Å². The van der Waals surface area contributed by atoms with Gasteiger partial charge in [0.1, 0.15) is 0 Å². The average Bonchev–Trinajstić information content (AvgIpc) is 2.86. The summed E-state index contributed by atoms with van der Waals surface area (Å²) in [4.78, 5) is 4.55.